The second kappa shape index (κ2) is 8.68. The van der Waals surface area contributed by atoms with Crippen molar-refractivity contribution in [2.24, 2.45) is 12.0 Å². The molecule has 1 saturated heterocycles. The predicted octanol–water partition coefficient (Wildman–Crippen LogP) is 0.768. The van der Waals surface area contributed by atoms with Crippen molar-refractivity contribution in [1.29, 1.82) is 0 Å². The molecule has 1 unspecified atom stereocenters. The molecule has 1 aliphatic rings. The molecule has 1 atom stereocenters. The SMILES string of the molecule is CCNC(=NCC(O)c1ccccc1)N1CCN(c2cnn(C)c2)C(=O)C1. The van der Waals surface area contributed by atoms with E-state index < -0.39 is 6.10 Å². The van der Waals surface area contributed by atoms with Gasteiger partial charge in [0.1, 0.15) is 6.54 Å². The third-order valence-electron chi connectivity index (χ3n) is 4.46. The fraction of sp³-hybridized carbons (Fsp3) is 0.421. The Bertz CT molecular complexity index is 789. The Labute approximate surface area is 159 Å². The summed E-state index contributed by atoms with van der Waals surface area (Å²) in [6, 6.07) is 9.46. The Kier molecular flexibility index (Phi) is 6.08. The van der Waals surface area contributed by atoms with Crippen molar-refractivity contribution in [3.63, 3.8) is 0 Å². The van der Waals surface area contributed by atoms with Crippen LogP contribution in [0.1, 0.15) is 18.6 Å². The summed E-state index contributed by atoms with van der Waals surface area (Å²) in [6.07, 6.45) is 2.86. The molecular formula is C19H26N6O2. The van der Waals surface area contributed by atoms with Gasteiger partial charge >= 0.3 is 0 Å². The zero-order valence-electron chi connectivity index (χ0n) is 15.7. The summed E-state index contributed by atoms with van der Waals surface area (Å²) in [6.45, 7) is 4.38. The average molecular weight is 370 g/mol. The number of nitrogens with one attached hydrogen (secondary N) is 1. The number of benzene rings is 1. The summed E-state index contributed by atoms with van der Waals surface area (Å²) >= 11 is 0. The van der Waals surface area contributed by atoms with Gasteiger partial charge in [-0.1, -0.05) is 30.3 Å². The molecule has 8 heteroatoms. The minimum Gasteiger partial charge on any atom is -0.386 e. The highest BCUT2D eigenvalue weighted by Gasteiger charge is 2.27. The van der Waals surface area contributed by atoms with Crippen molar-refractivity contribution in [2.45, 2.75) is 13.0 Å². The molecule has 8 nitrogen and oxygen atoms in total. The highest BCUT2D eigenvalue weighted by Crippen LogP contribution is 2.17. The lowest BCUT2D eigenvalue weighted by molar-refractivity contribution is -0.120. The number of aliphatic imine (C=N–C) groups is 1. The van der Waals surface area contributed by atoms with Gasteiger partial charge in [0.2, 0.25) is 5.91 Å². The Morgan fingerprint density at radius 3 is 2.74 bits per heavy atom. The van der Waals surface area contributed by atoms with Gasteiger partial charge in [-0.3, -0.25) is 14.5 Å². The maximum atomic E-state index is 12.6. The maximum Gasteiger partial charge on any atom is 0.246 e. The first-order chi connectivity index (χ1) is 13.1. The maximum absolute atomic E-state index is 12.6. The smallest absolute Gasteiger partial charge is 0.246 e. The highest BCUT2D eigenvalue weighted by molar-refractivity contribution is 5.98. The monoisotopic (exact) mass is 370 g/mol. The molecule has 2 aromatic rings. The van der Waals surface area contributed by atoms with Gasteiger partial charge in [-0.05, 0) is 12.5 Å². The molecule has 0 radical (unpaired) electrons. The molecule has 1 amide bonds. The molecule has 1 aromatic heterocycles. The molecule has 3 rings (SSSR count). The van der Waals surface area contributed by atoms with Gasteiger partial charge in [0, 0.05) is 32.9 Å². The molecule has 2 heterocycles. The summed E-state index contributed by atoms with van der Waals surface area (Å²) in [4.78, 5) is 20.8. The van der Waals surface area contributed by atoms with E-state index in [1.54, 1.807) is 15.8 Å². The summed E-state index contributed by atoms with van der Waals surface area (Å²) in [7, 11) is 1.83. The van der Waals surface area contributed by atoms with Crippen molar-refractivity contribution in [3.05, 3.63) is 48.3 Å². The fourth-order valence-corrected chi connectivity index (χ4v) is 3.05. The number of carbonyl (C=O) groups is 1. The molecular weight excluding hydrogens is 344 g/mol. The molecule has 1 aromatic carbocycles. The number of hydrogen-bond acceptors (Lipinski definition) is 4. The molecule has 1 fully saturated rings. The third-order valence-corrected chi connectivity index (χ3v) is 4.46. The minimum absolute atomic E-state index is 0.00320. The van der Waals surface area contributed by atoms with Crippen molar-refractivity contribution >= 4 is 17.6 Å². The van der Waals surface area contributed by atoms with Crippen LogP contribution < -0.4 is 10.2 Å². The number of anilines is 1. The van der Waals surface area contributed by atoms with E-state index in [0.717, 1.165) is 11.3 Å². The van der Waals surface area contributed by atoms with E-state index in [0.29, 0.717) is 25.6 Å². The molecule has 0 bridgehead atoms. The normalized spacial score (nSPS) is 16.6. The second-order valence-corrected chi connectivity index (χ2v) is 6.46. The lowest BCUT2D eigenvalue weighted by Crippen LogP contribution is -2.55. The van der Waals surface area contributed by atoms with E-state index >= 15 is 0 Å². The Balaban J connectivity index is 1.66. The first kappa shape index (κ1) is 18.9. The summed E-state index contributed by atoms with van der Waals surface area (Å²) in [5, 5.41) is 17.7. The number of carbonyl (C=O) groups excluding carboxylic acids is 1. The molecule has 0 aliphatic carbocycles. The number of nitrogens with zero attached hydrogens (tertiary/aromatic N) is 5. The second-order valence-electron chi connectivity index (χ2n) is 6.46. The van der Waals surface area contributed by atoms with Gasteiger partial charge in [0.15, 0.2) is 5.96 Å². The van der Waals surface area contributed by atoms with Gasteiger partial charge in [0.05, 0.1) is 24.5 Å². The van der Waals surface area contributed by atoms with Crippen molar-refractivity contribution in [3.8, 4) is 0 Å². The zero-order chi connectivity index (χ0) is 19.2. The number of piperazine rings is 1. The van der Waals surface area contributed by atoms with Gasteiger partial charge in [0.25, 0.3) is 0 Å². The average Bonchev–Trinajstić information content (AvgIpc) is 3.11. The van der Waals surface area contributed by atoms with Crippen LogP contribution in [0.5, 0.6) is 0 Å². The largest absolute Gasteiger partial charge is 0.386 e. The molecule has 0 spiro atoms. The standard InChI is InChI=1S/C19H26N6O2/c1-3-20-19(21-12-17(26)15-7-5-4-6-8-15)24-9-10-25(18(27)14-24)16-11-22-23(2)13-16/h4-8,11,13,17,26H,3,9-10,12,14H2,1-2H3,(H,20,21). The number of aryl methyl sites for hydroxylation is 1. The van der Waals surface area contributed by atoms with Crippen LogP contribution in [-0.4, -0.2) is 64.4 Å². The molecule has 1 aliphatic heterocycles. The van der Waals surface area contributed by atoms with Gasteiger partial charge in [-0.15, -0.1) is 0 Å². The quantitative estimate of drug-likeness (QED) is 0.600. The number of guanidine groups is 1. The van der Waals surface area contributed by atoms with Gasteiger partial charge in [-0.25, -0.2) is 0 Å². The van der Waals surface area contributed by atoms with Crippen LogP contribution in [0, 0.1) is 0 Å². The highest BCUT2D eigenvalue weighted by atomic mass is 16.3. The first-order valence-corrected chi connectivity index (χ1v) is 9.13. The fourth-order valence-electron chi connectivity index (χ4n) is 3.05. The van der Waals surface area contributed by atoms with Crippen LogP contribution in [0.2, 0.25) is 0 Å². The number of aliphatic hydroxyl groups is 1. The summed E-state index contributed by atoms with van der Waals surface area (Å²) in [5.41, 5.74) is 1.64. The van der Waals surface area contributed by atoms with E-state index in [1.165, 1.54) is 0 Å². The Hall–Kier alpha value is -2.87. The third kappa shape index (κ3) is 4.65. The van der Waals surface area contributed by atoms with E-state index in [1.807, 2.05) is 55.4 Å². The van der Waals surface area contributed by atoms with E-state index in [2.05, 4.69) is 15.4 Å². The Morgan fingerprint density at radius 1 is 1.33 bits per heavy atom. The van der Waals surface area contributed by atoms with Gasteiger partial charge in [-0.2, -0.15) is 5.10 Å². The van der Waals surface area contributed by atoms with Crippen LogP contribution in [0.25, 0.3) is 0 Å². The van der Waals surface area contributed by atoms with Crippen LogP contribution in [0.4, 0.5) is 5.69 Å². The van der Waals surface area contributed by atoms with Gasteiger partial charge < -0.3 is 20.2 Å². The lowest BCUT2D eigenvalue weighted by atomic mass is 10.1. The number of hydrogen-bond donors (Lipinski definition) is 2. The van der Waals surface area contributed by atoms with Crippen LogP contribution >= 0.6 is 0 Å². The lowest BCUT2D eigenvalue weighted by Gasteiger charge is -2.35. The van der Waals surface area contributed by atoms with Crippen molar-refractivity contribution in [1.82, 2.24) is 20.0 Å². The van der Waals surface area contributed by atoms with Crippen LogP contribution in [-0.2, 0) is 11.8 Å². The van der Waals surface area contributed by atoms with Crippen molar-refractivity contribution in [2.75, 3.05) is 37.6 Å². The first-order valence-electron chi connectivity index (χ1n) is 9.13. The van der Waals surface area contributed by atoms with Crippen LogP contribution in [0.3, 0.4) is 0 Å². The van der Waals surface area contributed by atoms with E-state index in [4.69, 9.17) is 0 Å². The van der Waals surface area contributed by atoms with Crippen LogP contribution in [0.15, 0.2) is 47.7 Å². The molecule has 144 valence electrons. The minimum atomic E-state index is -0.674. The van der Waals surface area contributed by atoms with E-state index in [9.17, 15) is 9.90 Å². The zero-order valence-corrected chi connectivity index (χ0v) is 15.7. The van der Waals surface area contributed by atoms with E-state index in [-0.39, 0.29) is 19.0 Å². The topological polar surface area (TPSA) is 86.0 Å². The molecule has 0 saturated carbocycles. The molecule has 2 N–H and O–H groups in total. The number of aromatic nitrogens is 2. The predicted molar refractivity (Wildman–Crippen MR) is 105 cm³/mol. The summed E-state index contributed by atoms with van der Waals surface area (Å²) in [5.74, 6) is 0.648. The van der Waals surface area contributed by atoms with Crippen molar-refractivity contribution < 1.29 is 9.90 Å². The molecule has 27 heavy (non-hydrogen) atoms. The number of aliphatic hydroxyl groups excluding tert-OH is 1. The number of rotatable bonds is 5. The Morgan fingerprint density at radius 2 is 2.11 bits per heavy atom. The summed E-state index contributed by atoms with van der Waals surface area (Å²) < 4.78 is 1.69. The number of amides is 1.